The lowest BCUT2D eigenvalue weighted by Gasteiger charge is -2.12. The summed E-state index contributed by atoms with van der Waals surface area (Å²) >= 11 is 0. The Bertz CT molecular complexity index is 271. The Kier molecular flexibility index (Phi) is 2.64. The Morgan fingerprint density at radius 1 is 1.38 bits per heavy atom. The average Bonchev–Trinajstić information content (AvgIpc) is 2.32. The second-order valence-corrected chi connectivity index (χ2v) is 4.63. The molecule has 1 N–H and O–H groups in total. The molecule has 0 aliphatic rings. The van der Waals surface area contributed by atoms with Gasteiger partial charge in [-0.1, -0.05) is 25.9 Å². The number of anilines is 1. The fourth-order valence-electron chi connectivity index (χ4n) is 0.981. The van der Waals surface area contributed by atoms with E-state index in [2.05, 4.69) is 45.1 Å². The van der Waals surface area contributed by atoms with Crippen molar-refractivity contribution in [1.82, 2.24) is 5.16 Å². The van der Waals surface area contributed by atoms with Gasteiger partial charge in [-0.3, -0.25) is 0 Å². The van der Waals surface area contributed by atoms with E-state index < -0.39 is 0 Å². The second-order valence-electron chi connectivity index (χ2n) is 4.63. The lowest BCUT2D eigenvalue weighted by atomic mass is 9.92. The molecule has 0 saturated carbocycles. The summed E-state index contributed by atoms with van der Waals surface area (Å²) in [5.41, 5.74) is 1.04. The van der Waals surface area contributed by atoms with Gasteiger partial charge in [0, 0.05) is 17.5 Å². The molecule has 0 aliphatic heterocycles. The van der Waals surface area contributed by atoms with Gasteiger partial charge in [-0.2, -0.15) is 0 Å². The molecule has 0 fully saturated rings. The molecule has 3 heteroatoms. The third-order valence-corrected chi connectivity index (χ3v) is 1.71. The maximum absolute atomic E-state index is 5.14. The third-order valence-electron chi connectivity index (χ3n) is 1.71. The Labute approximate surface area is 79.5 Å². The summed E-state index contributed by atoms with van der Waals surface area (Å²) in [4.78, 5) is 0. The molecule has 0 unspecified atom stereocenters. The highest BCUT2D eigenvalue weighted by Gasteiger charge is 2.18. The van der Waals surface area contributed by atoms with Crippen LogP contribution in [0.2, 0.25) is 0 Å². The summed E-state index contributed by atoms with van der Waals surface area (Å²) in [6.45, 7) is 10.5. The third kappa shape index (κ3) is 2.76. The first-order valence-corrected chi connectivity index (χ1v) is 4.63. The Morgan fingerprint density at radius 3 is 2.38 bits per heavy atom. The van der Waals surface area contributed by atoms with Crippen LogP contribution in [-0.2, 0) is 5.41 Å². The first-order valence-electron chi connectivity index (χ1n) is 4.63. The SMILES string of the molecule is CC(C)Nc1cc(C(C)(C)C)no1. The van der Waals surface area contributed by atoms with Crippen molar-refractivity contribution < 1.29 is 4.52 Å². The van der Waals surface area contributed by atoms with Crippen LogP contribution in [0.4, 0.5) is 5.88 Å². The molecule has 74 valence electrons. The van der Waals surface area contributed by atoms with Gasteiger partial charge >= 0.3 is 0 Å². The van der Waals surface area contributed by atoms with Crippen LogP contribution >= 0.6 is 0 Å². The summed E-state index contributed by atoms with van der Waals surface area (Å²) < 4.78 is 5.14. The van der Waals surface area contributed by atoms with Crippen molar-refractivity contribution in [3.05, 3.63) is 11.8 Å². The standard InChI is InChI=1S/C10H18N2O/c1-7(2)11-9-6-8(12-13-9)10(3,4)5/h6-7,11H,1-5H3. The molecular formula is C10H18N2O. The minimum atomic E-state index is 0.0560. The smallest absolute Gasteiger partial charge is 0.225 e. The molecule has 0 aliphatic carbocycles. The summed E-state index contributed by atoms with van der Waals surface area (Å²) in [6.07, 6.45) is 0. The molecule has 0 atom stereocenters. The van der Waals surface area contributed by atoms with E-state index in [9.17, 15) is 0 Å². The molecule has 0 saturated heterocycles. The highest BCUT2D eigenvalue weighted by Crippen LogP contribution is 2.23. The quantitative estimate of drug-likeness (QED) is 0.764. The van der Waals surface area contributed by atoms with Crippen molar-refractivity contribution in [2.24, 2.45) is 0 Å². The van der Waals surface area contributed by atoms with Crippen LogP contribution < -0.4 is 5.32 Å². The maximum atomic E-state index is 5.14. The monoisotopic (exact) mass is 182 g/mol. The summed E-state index contributed by atoms with van der Waals surface area (Å²) in [5, 5.41) is 7.17. The van der Waals surface area contributed by atoms with E-state index in [1.54, 1.807) is 0 Å². The van der Waals surface area contributed by atoms with Crippen LogP contribution in [0.15, 0.2) is 10.6 Å². The number of nitrogens with one attached hydrogen (secondary N) is 1. The fraction of sp³-hybridized carbons (Fsp3) is 0.700. The van der Waals surface area contributed by atoms with Crippen LogP contribution in [-0.4, -0.2) is 11.2 Å². The van der Waals surface area contributed by atoms with E-state index in [4.69, 9.17) is 4.52 Å². The largest absolute Gasteiger partial charge is 0.352 e. The lowest BCUT2D eigenvalue weighted by Crippen LogP contribution is -2.11. The lowest BCUT2D eigenvalue weighted by molar-refractivity contribution is 0.401. The highest BCUT2D eigenvalue weighted by atomic mass is 16.5. The number of hydrogen-bond acceptors (Lipinski definition) is 3. The van der Waals surface area contributed by atoms with E-state index in [1.807, 2.05) is 6.07 Å². The van der Waals surface area contributed by atoms with Crippen molar-refractivity contribution in [1.29, 1.82) is 0 Å². The van der Waals surface area contributed by atoms with Gasteiger partial charge in [0.2, 0.25) is 5.88 Å². The molecule has 3 nitrogen and oxygen atoms in total. The van der Waals surface area contributed by atoms with Gasteiger partial charge in [0.05, 0.1) is 5.69 Å². The Hall–Kier alpha value is -0.990. The van der Waals surface area contributed by atoms with Crippen LogP contribution in [0.25, 0.3) is 0 Å². The van der Waals surface area contributed by atoms with Gasteiger partial charge < -0.3 is 9.84 Å². The van der Waals surface area contributed by atoms with Crippen molar-refractivity contribution in [2.45, 2.75) is 46.1 Å². The van der Waals surface area contributed by atoms with E-state index in [1.165, 1.54) is 0 Å². The number of hydrogen-bond donors (Lipinski definition) is 1. The van der Waals surface area contributed by atoms with Crippen LogP contribution in [0, 0.1) is 0 Å². The summed E-state index contributed by atoms with van der Waals surface area (Å²) in [5.74, 6) is 0.750. The summed E-state index contributed by atoms with van der Waals surface area (Å²) in [7, 11) is 0. The van der Waals surface area contributed by atoms with E-state index in [0.717, 1.165) is 11.6 Å². The normalized spacial score (nSPS) is 12.2. The van der Waals surface area contributed by atoms with E-state index in [0.29, 0.717) is 6.04 Å². The van der Waals surface area contributed by atoms with Crippen LogP contribution in [0.5, 0.6) is 0 Å². The zero-order valence-corrected chi connectivity index (χ0v) is 9.01. The van der Waals surface area contributed by atoms with Gasteiger partial charge in [-0.25, -0.2) is 0 Å². The van der Waals surface area contributed by atoms with Crippen molar-refractivity contribution in [2.75, 3.05) is 5.32 Å². The molecule has 1 heterocycles. The Balaban J connectivity index is 2.75. The minimum Gasteiger partial charge on any atom is -0.352 e. The molecule has 0 bridgehead atoms. The zero-order chi connectivity index (χ0) is 10.1. The molecule has 1 rings (SSSR count). The van der Waals surface area contributed by atoms with Crippen molar-refractivity contribution in [3.63, 3.8) is 0 Å². The van der Waals surface area contributed by atoms with Crippen LogP contribution in [0.3, 0.4) is 0 Å². The minimum absolute atomic E-state index is 0.0560. The highest BCUT2D eigenvalue weighted by molar-refractivity contribution is 5.34. The van der Waals surface area contributed by atoms with Gasteiger partial charge in [0.15, 0.2) is 0 Å². The first kappa shape index (κ1) is 10.1. The van der Waals surface area contributed by atoms with E-state index >= 15 is 0 Å². The van der Waals surface area contributed by atoms with E-state index in [-0.39, 0.29) is 5.41 Å². The maximum Gasteiger partial charge on any atom is 0.225 e. The Morgan fingerprint density at radius 2 is 2.00 bits per heavy atom. The first-order chi connectivity index (χ1) is 5.89. The van der Waals surface area contributed by atoms with Crippen molar-refractivity contribution >= 4 is 5.88 Å². The number of aromatic nitrogens is 1. The van der Waals surface area contributed by atoms with Gasteiger partial charge in [0.25, 0.3) is 0 Å². The van der Waals surface area contributed by atoms with Gasteiger partial charge in [0.1, 0.15) is 0 Å². The molecule has 0 amide bonds. The van der Waals surface area contributed by atoms with Gasteiger partial charge in [-0.15, -0.1) is 0 Å². The molecule has 0 radical (unpaired) electrons. The van der Waals surface area contributed by atoms with Crippen LogP contribution in [0.1, 0.15) is 40.3 Å². The predicted octanol–water partition coefficient (Wildman–Crippen LogP) is 2.79. The zero-order valence-electron chi connectivity index (χ0n) is 9.01. The average molecular weight is 182 g/mol. The predicted molar refractivity (Wildman–Crippen MR) is 54.0 cm³/mol. The number of rotatable bonds is 2. The van der Waals surface area contributed by atoms with Gasteiger partial charge in [-0.05, 0) is 13.8 Å². The second kappa shape index (κ2) is 3.40. The summed E-state index contributed by atoms with van der Waals surface area (Å²) in [6, 6.07) is 2.33. The fourth-order valence-corrected chi connectivity index (χ4v) is 0.981. The topological polar surface area (TPSA) is 38.1 Å². The molecule has 0 aromatic carbocycles. The number of nitrogens with zero attached hydrogens (tertiary/aromatic N) is 1. The molecule has 0 spiro atoms. The molecule has 13 heavy (non-hydrogen) atoms. The molecular weight excluding hydrogens is 164 g/mol. The molecule has 1 aromatic rings. The molecule has 1 aromatic heterocycles. The van der Waals surface area contributed by atoms with Crippen molar-refractivity contribution in [3.8, 4) is 0 Å².